The van der Waals surface area contributed by atoms with E-state index in [4.69, 9.17) is 0 Å². The average molecular weight is 336 g/mol. The van der Waals surface area contributed by atoms with Gasteiger partial charge >= 0.3 is 0 Å². The first kappa shape index (κ1) is 16.1. The number of benzene rings is 1. The first-order valence-electron chi connectivity index (χ1n) is 8.94. The predicted molar refractivity (Wildman–Crippen MR) is 98.6 cm³/mol. The number of anilines is 1. The van der Waals surface area contributed by atoms with Gasteiger partial charge in [-0.05, 0) is 17.7 Å². The Hall–Kier alpha value is -2.40. The number of fused-ring (bicyclic) bond motifs is 1. The summed E-state index contributed by atoms with van der Waals surface area (Å²) in [6.07, 6.45) is 1.83. The highest BCUT2D eigenvalue weighted by Crippen LogP contribution is 2.39. The summed E-state index contributed by atoms with van der Waals surface area (Å²) in [6.45, 7) is 3.72. The molecule has 3 heterocycles. The van der Waals surface area contributed by atoms with E-state index in [0.29, 0.717) is 0 Å². The summed E-state index contributed by atoms with van der Waals surface area (Å²) in [5.41, 5.74) is 1.26. The number of hydrogen-bond donors (Lipinski definition) is 1. The van der Waals surface area contributed by atoms with Gasteiger partial charge in [-0.1, -0.05) is 36.4 Å². The van der Waals surface area contributed by atoms with Crippen LogP contribution < -0.4 is 10.2 Å². The van der Waals surface area contributed by atoms with E-state index < -0.39 is 0 Å². The number of aromatic nitrogens is 1. The van der Waals surface area contributed by atoms with Gasteiger partial charge in [-0.2, -0.15) is 0 Å². The van der Waals surface area contributed by atoms with E-state index in [1.54, 1.807) is 7.05 Å². The summed E-state index contributed by atoms with van der Waals surface area (Å²) in [5, 5.41) is 2.89. The fraction of sp³-hybridized carbons (Fsp3) is 0.400. The molecule has 130 valence electrons. The fourth-order valence-electron chi connectivity index (χ4n) is 4.34. The summed E-state index contributed by atoms with van der Waals surface area (Å²) >= 11 is 0. The van der Waals surface area contributed by atoms with Gasteiger partial charge in [0.15, 0.2) is 0 Å². The second-order valence-corrected chi connectivity index (χ2v) is 6.85. The molecule has 0 spiro atoms. The lowest BCUT2D eigenvalue weighted by molar-refractivity contribution is -0.125. The first-order valence-corrected chi connectivity index (χ1v) is 8.94. The molecule has 4 rings (SSSR count). The lowest BCUT2D eigenvalue weighted by atomic mass is 9.84. The lowest BCUT2D eigenvalue weighted by Crippen LogP contribution is -2.54. The standard InChI is InChI=1S/C20H24N4O/c1-21-20(25)19-16(15-7-3-2-4-8-15)13-23-11-12-24(14-17(19)23)18-9-5-6-10-22-18/h2-10,16-17,19H,11-14H2,1H3,(H,21,25)/t16-,17-,19-/m1/s1. The third-order valence-electron chi connectivity index (χ3n) is 5.56. The van der Waals surface area contributed by atoms with Crippen molar-refractivity contribution in [1.29, 1.82) is 0 Å². The Bertz CT molecular complexity index is 721. The van der Waals surface area contributed by atoms with E-state index >= 15 is 0 Å². The van der Waals surface area contributed by atoms with Gasteiger partial charge in [0.05, 0.1) is 5.92 Å². The van der Waals surface area contributed by atoms with Gasteiger partial charge in [-0.3, -0.25) is 9.69 Å². The van der Waals surface area contributed by atoms with Crippen LogP contribution in [0.4, 0.5) is 5.82 Å². The Morgan fingerprint density at radius 1 is 1.08 bits per heavy atom. The summed E-state index contributed by atoms with van der Waals surface area (Å²) in [5.74, 6) is 1.36. The van der Waals surface area contributed by atoms with Crippen LogP contribution in [-0.2, 0) is 4.79 Å². The Labute approximate surface area is 148 Å². The molecule has 1 aromatic carbocycles. The number of nitrogens with one attached hydrogen (secondary N) is 1. The second-order valence-electron chi connectivity index (χ2n) is 6.85. The third-order valence-corrected chi connectivity index (χ3v) is 5.56. The zero-order valence-electron chi connectivity index (χ0n) is 14.5. The molecule has 2 aliphatic heterocycles. The van der Waals surface area contributed by atoms with Gasteiger partial charge in [0.2, 0.25) is 5.91 Å². The number of nitrogens with zero attached hydrogens (tertiary/aromatic N) is 3. The molecule has 0 unspecified atom stereocenters. The highest BCUT2D eigenvalue weighted by Gasteiger charge is 2.48. The SMILES string of the molecule is CNC(=O)[C@@H]1[C@@H](c2ccccc2)CN2CCN(c3ccccn3)C[C@H]12. The average Bonchev–Trinajstić information content (AvgIpc) is 3.07. The van der Waals surface area contributed by atoms with Crippen molar-refractivity contribution in [2.24, 2.45) is 5.92 Å². The lowest BCUT2D eigenvalue weighted by Gasteiger charge is -2.39. The zero-order chi connectivity index (χ0) is 17.2. The number of rotatable bonds is 3. The van der Waals surface area contributed by atoms with E-state index in [2.05, 4.69) is 44.4 Å². The summed E-state index contributed by atoms with van der Waals surface area (Å²) < 4.78 is 0. The molecule has 2 aliphatic rings. The van der Waals surface area contributed by atoms with Crippen LogP contribution in [0, 0.1) is 5.92 Å². The van der Waals surface area contributed by atoms with E-state index in [9.17, 15) is 4.79 Å². The maximum absolute atomic E-state index is 12.7. The minimum Gasteiger partial charge on any atom is -0.359 e. The first-order chi connectivity index (χ1) is 12.3. The minimum atomic E-state index is -0.0288. The van der Waals surface area contributed by atoms with Crippen LogP contribution in [0.3, 0.4) is 0 Å². The number of hydrogen-bond acceptors (Lipinski definition) is 4. The quantitative estimate of drug-likeness (QED) is 0.927. The Kier molecular flexibility index (Phi) is 4.40. The van der Waals surface area contributed by atoms with Gasteiger partial charge < -0.3 is 10.2 Å². The van der Waals surface area contributed by atoms with Crippen LogP contribution in [0.5, 0.6) is 0 Å². The van der Waals surface area contributed by atoms with E-state index in [0.717, 1.165) is 32.0 Å². The van der Waals surface area contributed by atoms with Crippen LogP contribution in [0.2, 0.25) is 0 Å². The molecular formula is C20H24N4O. The largest absolute Gasteiger partial charge is 0.359 e. The molecule has 1 N–H and O–H groups in total. The number of carbonyl (C=O) groups is 1. The van der Waals surface area contributed by atoms with Crippen molar-refractivity contribution in [3.05, 3.63) is 60.3 Å². The summed E-state index contributed by atoms with van der Waals surface area (Å²) in [4.78, 5) is 22.0. The van der Waals surface area contributed by atoms with Crippen molar-refractivity contribution in [1.82, 2.24) is 15.2 Å². The molecule has 1 amide bonds. The fourth-order valence-corrected chi connectivity index (χ4v) is 4.34. The molecule has 2 aromatic rings. The molecule has 1 aromatic heterocycles. The number of carbonyl (C=O) groups excluding carboxylic acids is 1. The molecule has 0 bridgehead atoms. The summed E-state index contributed by atoms with van der Waals surface area (Å²) in [7, 11) is 1.74. The smallest absolute Gasteiger partial charge is 0.225 e. The molecule has 5 heteroatoms. The number of pyridine rings is 1. The normalized spacial score (nSPS) is 26.3. The van der Waals surface area contributed by atoms with Gasteiger partial charge in [-0.25, -0.2) is 4.98 Å². The van der Waals surface area contributed by atoms with Gasteiger partial charge in [0.1, 0.15) is 5.82 Å². The van der Waals surface area contributed by atoms with Gasteiger partial charge in [-0.15, -0.1) is 0 Å². The molecular weight excluding hydrogens is 312 g/mol. The highest BCUT2D eigenvalue weighted by molar-refractivity contribution is 5.81. The monoisotopic (exact) mass is 336 g/mol. The highest BCUT2D eigenvalue weighted by atomic mass is 16.1. The topological polar surface area (TPSA) is 48.5 Å². The second kappa shape index (κ2) is 6.84. The maximum atomic E-state index is 12.7. The van der Waals surface area contributed by atoms with Gasteiger partial charge in [0, 0.05) is 51.4 Å². The van der Waals surface area contributed by atoms with Crippen LogP contribution in [0.25, 0.3) is 0 Å². The third kappa shape index (κ3) is 3.00. The Morgan fingerprint density at radius 2 is 1.88 bits per heavy atom. The van der Waals surface area contributed by atoms with E-state index in [1.807, 2.05) is 30.5 Å². The number of piperazine rings is 1. The zero-order valence-corrected chi connectivity index (χ0v) is 14.5. The van der Waals surface area contributed by atoms with Crippen molar-refractivity contribution >= 4 is 11.7 Å². The molecule has 3 atom stereocenters. The minimum absolute atomic E-state index is 0.0288. The molecule has 5 nitrogen and oxygen atoms in total. The molecule has 2 fully saturated rings. The molecule has 0 aliphatic carbocycles. The van der Waals surface area contributed by atoms with Gasteiger partial charge in [0.25, 0.3) is 0 Å². The van der Waals surface area contributed by atoms with Crippen LogP contribution in [-0.4, -0.2) is 55.1 Å². The molecule has 0 saturated carbocycles. The Balaban J connectivity index is 1.62. The van der Waals surface area contributed by atoms with E-state index in [1.165, 1.54) is 5.56 Å². The predicted octanol–water partition coefficient (Wildman–Crippen LogP) is 1.73. The van der Waals surface area contributed by atoms with Crippen molar-refractivity contribution < 1.29 is 4.79 Å². The molecule has 0 radical (unpaired) electrons. The molecule has 25 heavy (non-hydrogen) atoms. The van der Waals surface area contributed by atoms with E-state index in [-0.39, 0.29) is 23.8 Å². The van der Waals surface area contributed by atoms with Crippen molar-refractivity contribution in [3.63, 3.8) is 0 Å². The Morgan fingerprint density at radius 3 is 2.60 bits per heavy atom. The molecule has 2 saturated heterocycles. The number of amides is 1. The van der Waals surface area contributed by atoms with Crippen LogP contribution in [0.1, 0.15) is 11.5 Å². The van der Waals surface area contributed by atoms with Crippen molar-refractivity contribution in [2.45, 2.75) is 12.0 Å². The van der Waals surface area contributed by atoms with Crippen LogP contribution >= 0.6 is 0 Å². The van der Waals surface area contributed by atoms with Crippen LogP contribution in [0.15, 0.2) is 54.7 Å². The van der Waals surface area contributed by atoms with Crippen molar-refractivity contribution in [3.8, 4) is 0 Å². The van der Waals surface area contributed by atoms with Crippen molar-refractivity contribution in [2.75, 3.05) is 38.1 Å². The maximum Gasteiger partial charge on any atom is 0.225 e. The summed E-state index contributed by atoms with van der Waals surface area (Å²) in [6, 6.07) is 16.7.